The number of sulfone groups is 1. The first kappa shape index (κ1) is 24.4. The molecular formula is C22H22F3N3O4S2. The first-order chi connectivity index (χ1) is 16.1. The number of nitrogens with zero attached hydrogens (tertiary/aromatic N) is 1. The first-order valence-electron chi connectivity index (χ1n) is 10.4. The molecule has 1 saturated heterocycles. The second kappa shape index (κ2) is 9.87. The van der Waals surface area contributed by atoms with Crippen LogP contribution in [-0.2, 0) is 27.2 Å². The molecule has 1 fully saturated rings. The third-order valence-electron chi connectivity index (χ3n) is 5.24. The van der Waals surface area contributed by atoms with Crippen LogP contribution in [0.25, 0.3) is 0 Å². The van der Waals surface area contributed by atoms with E-state index in [1.807, 2.05) is 12.1 Å². The van der Waals surface area contributed by atoms with Crippen LogP contribution in [0.15, 0.2) is 53.5 Å². The van der Waals surface area contributed by atoms with Gasteiger partial charge in [0.15, 0.2) is 15.0 Å². The van der Waals surface area contributed by atoms with Crippen LogP contribution in [0.4, 0.5) is 18.9 Å². The number of aliphatic imine (C=N–C) groups is 1. The van der Waals surface area contributed by atoms with Crippen molar-refractivity contribution in [1.29, 1.82) is 0 Å². The summed E-state index contributed by atoms with van der Waals surface area (Å²) in [4.78, 5) is 16.6. The van der Waals surface area contributed by atoms with Gasteiger partial charge in [-0.1, -0.05) is 30.0 Å². The summed E-state index contributed by atoms with van der Waals surface area (Å²) in [5.41, 5.74) is 0.778. The van der Waals surface area contributed by atoms with Crippen LogP contribution in [0.3, 0.4) is 0 Å². The number of nitrogens with one attached hydrogen (secondary N) is 2. The average molecular weight is 514 g/mol. The molecule has 0 bridgehead atoms. The van der Waals surface area contributed by atoms with Gasteiger partial charge in [-0.05, 0) is 35.9 Å². The van der Waals surface area contributed by atoms with Gasteiger partial charge in [0.1, 0.15) is 12.4 Å². The number of thioether (sulfide) groups is 1. The number of alkyl halides is 3. The van der Waals surface area contributed by atoms with E-state index in [1.54, 1.807) is 12.1 Å². The van der Waals surface area contributed by atoms with E-state index in [9.17, 15) is 26.4 Å². The van der Waals surface area contributed by atoms with Crippen molar-refractivity contribution in [3.05, 3.63) is 59.7 Å². The Labute approximate surface area is 199 Å². The Morgan fingerprint density at radius 3 is 2.62 bits per heavy atom. The topological polar surface area (TPSA) is 96.9 Å². The molecule has 12 heteroatoms. The van der Waals surface area contributed by atoms with Gasteiger partial charge in [-0.3, -0.25) is 9.79 Å². The van der Waals surface area contributed by atoms with E-state index < -0.39 is 21.6 Å². The second-order valence-corrected chi connectivity index (χ2v) is 11.3. The van der Waals surface area contributed by atoms with E-state index in [0.29, 0.717) is 5.17 Å². The standard InChI is InChI=1S/C22H22F3N3O4S2/c23-22(24,25)15-2-1-3-17(11-15)32-9-8-26-20(29)10-14-4-6-16(7-5-14)27-21-28-18-12-34(30,31)13-19(18)33-21/h1-7,11,18-19H,8-10,12-13H2,(H,26,29)(H,27,28)/t18-,19-/m0/s1. The monoisotopic (exact) mass is 513 g/mol. The lowest BCUT2D eigenvalue weighted by molar-refractivity contribution is -0.137. The summed E-state index contributed by atoms with van der Waals surface area (Å²) in [6, 6.07) is 11.6. The van der Waals surface area contributed by atoms with E-state index in [2.05, 4.69) is 15.6 Å². The SMILES string of the molecule is O=C(Cc1ccc(NC2=N[C@H]3CS(=O)(=O)C[C@@H]3S2)cc1)NCCOc1cccc(C(F)(F)F)c1. The predicted octanol–water partition coefficient (Wildman–Crippen LogP) is 3.12. The molecule has 182 valence electrons. The number of hydrogen-bond donors (Lipinski definition) is 2. The highest BCUT2D eigenvalue weighted by Crippen LogP contribution is 2.34. The number of rotatable bonds is 7. The smallest absolute Gasteiger partial charge is 0.416 e. The number of amidine groups is 1. The highest BCUT2D eigenvalue weighted by molar-refractivity contribution is 8.15. The summed E-state index contributed by atoms with van der Waals surface area (Å²) >= 11 is 1.43. The molecule has 1 amide bonds. The van der Waals surface area contributed by atoms with Gasteiger partial charge in [-0.15, -0.1) is 0 Å². The number of ether oxygens (including phenoxy) is 1. The van der Waals surface area contributed by atoms with Crippen molar-refractivity contribution >= 4 is 38.4 Å². The Morgan fingerprint density at radius 1 is 1.15 bits per heavy atom. The van der Waals surface area contributed by atoms with E-state index in [-0.39, 0.29) is 54.0 Å². The lowest BCUT2D eigenvalue weighted by Gasteiger charge is -2.11. The number of benzene rings is 2. The van der Waals surface area contributed by atoms with Crippen molar-refractivity contribution in [3.63, 3.8) is 0 Å². The average Bonchev–Trinajstić information content (AvgIpc) is 3.24. The van der Waals surface area contributed by atoms with E-state index in [1.165, 1.54) is 23.9 Å². The largest absolute Gasteiger partial charge is 0.492 e. The van der Waals surface area contributed by atoms with Crippen LogP contribution in [0.1, 0.15) is 11.1 Å². The fourth-order valence-corrected chi connectivity index (χ4v) is 7.29. The maximum absolute atomic E-state index is 12.7. The number of amides is 1. The number of hydrogen-bond acceptors (Lipinski definition) is 7. The molecule has 2 heterocycles. The maximum atomic E-state index is 12.7. The second-order valence-electron chi connectivity index (χ2n) is 7.96. The molecule has 2 N–H and O–H groups in total. The first-order valence-corrected chi connectivity index (χ1v) is 13.2. The molecule has 2 atom stereocenters. The van der Waals surface area contributed by atoms with E-state index in [0.717, 1.165) is 23.4 Å². The van der Waals surface area contributed by atoms with Crippen molar-refractivity contribution in [2.75, 3.05) is 30.0 Å². The number of carbonyl (C=O) groups excluding carboxylic acids is 1. The zero-order valence-electron chi connectivity index (χ0n) is 17.8. The minimum Gasteiger partial charge on any atom is -0.492 e. The minimum atomic E-state index is -4.44. The minimum absolute atomic E-state index is 0.0342. The van der Waals surface area contributed by atoms with Crippen LogP contribution < -0.4 is 15.4 Å². The van der Waals surface area contributed by atoms with Gasteiger partial charge < -0.3 is 15.4 Å². The normalized spacial score (nSPS) is 21.0. The van der Waals surface area contributed by atoms with Crippen LogP contribution in [0.5, 0.6) is 5.75 Å². The molecule has 2 aliphatic heterocycles. The maximum Gasteiger partial charge on any atom is 0.416 e. The number of carbonyl (C=O) groups is 1. The van der Waals surface area contributed by atoms with Gasteiger partial charge in [0.05, 0.1) is 36.1 Å². The van der Waals surface area contributed by atoms with Gasteiger partial charge in [0.2, 0.25) is 5.91 Å². The van der Waals surface area contributed by atoms with Gasteiger partial charge in [0.25, 0.3) is 0 Å². The third kappa shape index (κ3) is 6.44. The predicted molar refractivity (Wildman–Crippen MR) is 125 cm³/mol. The molecule has 34 heavy (non-hydrogen) atoms. The van der Waals surface area contributed by atoms with Gasteiger partial charge >= 0.3 is 6.18 Å². The summed E-state index contributed by atoms with van der Waals surface area (Å²) in [6.07, 6.45) is -4.30. The molecule has 7 nitrogen and oxygen atoms in total. The number of halogens is 3. The highest BCUT2D eigenvalue weighted by atomic mass is 32.2. The van der Waals surface area contributed by atoms with Crippen LogP contribution >= 0.6 is 11.8 Å². The molecule has 2 aromatic rings. The summed E-state index contributed by atoms with van der Waals surface area (Å²) in [6.45, 7) is 0.197. The summed E-state index contributed by atoms with van der Waals surface area (Å²) in [7, 11) is -2.99. The van der Waals surface area contributed by atoms with Crippen molar-refractivity contribution in [2.24, 2.45) is 4.99 Å². The molecule has 2 aliphatic rings. The third-order valence-corrected chi connectivity index (χ3v) is 8.38. The highest BCUT2D eigenvalue weighted by Gasteiger charge is 2.42. The van der Waals surface area contributed by atoms with Crippen molar-refractivity contribution in [1.82, 2.24) is 5.32 Å². The van der Waals surface area contributed by atoms with E-state index in [4.69, 9.17) is 4.74 Å². The number of fused-ring (bicyclic) bond motifs is 1. The quantitative estimate of drug-likeness (QED) is 0.553. The van der Waals surface area contributed by atoms with Crippen LogP contribution in [-0.4, -0.2) is 55.4 Å². The Balaban J connectivity index is 1.19. The molecule has 4 rings (SSSR count). The molecule has 0 unspecified atom stereocenters. The Morgan fingerprint density at radius 2 is 1.91 bits per heavy atom. The van der Waals surface area contributed by atoms with Crippen molar-refractivity contribution in [2.45, 2.75) is 23.9 Å². The fourth-order valence-electron chi connectivity index (χ4n) is 3.61. The lowest BCUT2D eigenvalue weighted by Crippen LogP contribution is -2.29. The zero-order chi connectivity index (χ0) is 24.3. The van der Waals surface area contributed by atoms with Crippen molar-refractivity contribution in [3.8, 4) is 5.75 Å². The summed E-state index contributed by atoms with van der Waals surface area (Å²) < 4.78 is 66.8. The molecule has 0 saturated carbocycles. The van der Waals surface area contributed by atoms with Gasteiger partial charge in [-0.2, -0.15) is 13.2 Å². The molecule has 0 radical (unpaired) electrons. The van der Waals surface area contributed by atoms with Gasteiger partial charge in [-0.25, -0.2) is 8.42 Å². The molecule has 0 spiro atoms. The Hall–Kier alpha value is -2.73. The zero-order valence-corrected chi connectivity index (χ0v) is 19.5. The lowest BCUT2D eigenvalue weighted by atomic mass is 10.1. The summed E-state index contributed by atoms with van der Waals surface area (Å²) in [5, 5.41) is 6.51. The van der Waals surface area contributed by atoms with Crippen molar-refractivity contribution < 1.29 is 31.1 Å². The molecule has 0 aromatic heterocycles. The summed E-state index contributed by atoms with van der Waals surface area (Å²) in [5.74, 6) is 0.0887. The fraction of sp³-hybridized carbons (Fsp3) is 0.364. The Kier molecular flexibility index (Phi) is 7.08. The van der Waals surface area contributed by atoms with E-state index >= 15 is 0 Å². The molecule has 0 aliphatic carbocycles. The Bertz CT molecular complexity index is 1180. The number of anilines is 1. The van der Waals surface area contributed by atoms with Crippen LogP contribution in [0, 0.1) is 0 Å². The van der Waals surface area contributed by atoms with Crippen LogP contribution in [0.2, 0.25) is 0 Å². The molecular weight excluding hydrogens is 491 g/mol. The van der Waals surface area contributed by atoms with Gasteiger partial charge in [0, 0.05) is 10.9 Å². The molecule has 2 aromatic carbocycles.